The zero-order valence-corrected chi connectivity index (χ0v) is 19.0. The molecule has 5 rings (SSSR count). The molecule has 1 N–H and O–H groups in total. The lowest BCUT2D eigenvalue weighted by atomic mass is 10.0. The number of nitrogens with zero attached hydrogens (tertiary/aromatic N) is 2. The van der Waals surface area contributed by atoms with Crippen LogP contribution < -0.4 is 4.87 Å². The highest BCUT2D eigenvalue weighted by Crippen LogP contribution is 2.30. The van der Waals surface area contributed by atoms with Gasteiger partial charge in [-0.25, -0.2) is 8.42 Å². The van der Waals surface area contributed by atoms with Gasteiger partial charge in [-0.2, -0.15) is 4.31 Å². The quantitative estimate of drug-likeness (QED) is 0.493. The van der Waals surface area contributed by atoms with E-state index in [9.17, 15) is 18.0 Å². The number of amides is 1. The van der Waals surface area contributed by atoms with E-state index in [1.807, 2.05) is 36.4 Å². The number of sulfonamides is 1. The van der Waals surface area contributed by atoms with Crippen molar-refractivity contribution >= 4 is 49.0 Å². The van der Waals surface area contributed by atoms with Gasteiger partial charge in [-0.3, -0.25) is 9.59 Å². The van der Waals surface area contributed by atoms with Gasteiger partial charge in [0.05, 0.1) is 12.7 Å². The third-order valence-corrected chi connectivity index (χ3v) is 9.31. The molecule has 3 heterocycles. The molecule has 166 valence electrons. The number of hydrogen-bond donors (Lipinski definition) is 1. The van der Waals surface area contributed by atoms with Crippen LogP contribution in [0.4, 0.5) is 0 Å². The van der Waals surface area contributed by atoms with E-state index < -0.39 is 14.9 Å². The Hall–Kier alpha value is -2.95. The van der Waals surface area contributed by atoms with Gasteiger partial charge in [-0.1, -0.05) is 41.7 Å². The average Bonchev–Trinajstić information content (AvgIpc) is 3.36. The molecule has 4 aromatic rings. The maximum Gasteiger partial charge on any atom is 0.305 e. The Morgan fingerprint density at radius 2 is 1.88 bits per heavy atom. The summed E-state index contributed by atoms with van der Waals surface area (Å²) in [6.07, 6.45) is 1.82. The summed E-state index contributed by atoms with van der Waals surface area (Å²) in [5, 5.41) is 3.06. The molecule has 1 aliphatic heterocycles. The van der Waals surface area contributed by atoms with E-state index in [4.69, 9.17) is 4.42 Å². The summed E-state index contributed by atoms with van der Waals surface area (Å²) in [5.74, 6) is -0.0693. The van der Waals surface area contributed by atoms with Gasteiger partial charge >= 0.3 is 4.87 Å². The summed E-state index contributed by atoms with van der Waals surface area (Å²) in [6, 6.07) is 11.9. The van der Waals surface area contributed by atoms with Crippen LogP contribution in [-0.4, -0.2) is 54.7 Å². The summed E-state index contributed by atoms with van der Waals surface area (Å²) in [5.41, 5.74) is 1.91. The monoisotopic (exact) mass is 471 g/mol. The first-order valence-corrected chi connectivity index (χ1v) is 12.5. The van der Waals surface area contributed by atoms with Crippen molar-refractivity contribution < 1.29 is 17.6 Å². The topological polar surface area (TPSA) is 104 Å². The average molecular weight is 472 g/mol. The largest absolute Gasteiger partial charge is 0.464 e. The van der Waals surface area contributed by atoms with Crippen LogP contribution in [0.25, 0.3) is 21.7 Å². The van der Waals surface area contributed by atoms with Crippen molar-refractivity contribution in [3.8, 4) is 0 Å². The molecule has 8 nitrogen and oxygen atoms in total. The smallest absolute Gasteiger partial charge is 0.305 e. The highest BCUT2D eigenvalue weighted by atomic mass is 32.2. The molecule has 0 unspecified atom stereocenters. The van der Waals surface area contributed by atoms with Crippen LogP contribution in [0, 0.1) is 6.92 Å². The van der Waals surface area contributed by atoms with E-state index in [-0.39, 0.29) is 29.6 Å². The number of thiazole rings is 1. The molecule has 0 saturated carbocycles. The molecule has 1 aliphatic rings. The van der Waals surface area contributed by atoms with E-state index in [2.05, 4.69) is 4.98 Å². The number of aromatic nitrogens is 1. The fourth-order valence-corrected chi connectivity index (χ4v) is 7.07. The minimum atomic E-state index is -3.76. The van der Waals surface area contributed by atoms with Crippen molar-refractivity contribution in [1.82, 2.24) is 14.2 Å². The van der Waals surface area contributed by atoms with Crippen molar-refractivity contribution in [3.63, 3.8) is 0 Å². The lowest BCUT2D eigenvalue weighted by Crippen LogP contribution is -2.50. The molecular formula is C22H21N3O5S2. The van der Waals surface area contributed by atoms with Crippen LogP contribution in [0.3, 0.4) is 0 Å². The number of hydrogen-bond acceptors (Lipinski definition) is 6. The third-order valence-electron chi connectivity index (χ3n) is 5.83. The summed E-state index contributed by atoms with van der Waals surface area (Å²) < 4.78 is 32.8. The van der Waals surface area contributed by atoms with Crippen LogP contribution in [0.15, 0.2) is 56.1 Å². The Morgan fingerprint density at radius 1 is 1.12 bits per heavy atom. The zero-order chi connectivity index (χ0) is 22.5. The molecule has 32 heavy (non-hydrogen) atoms. The Morgan fingerprint density at radius 3 is 2.59 bits per heavy atom. The highest BCUT2D eigenvalue weighted by molar-refractivity contribution is 7.91. The molecule has 0 bridgehead atoms. The molecule has 1 fully saturated rings. The van der Waals surface area contributed by atoms with Gasteiger partial charge in [0, 0.05) is 42.8 Å². The minimum Gasteiger partial charge on any atom is -0.464 e. The number of furan rings is 1. The van der Waals surface area contributed by atoms with Crippen LogP contribution in [0.5, 0.6) is 0 Å². The molecule has 0 spiro atoms. The van der Waals surface area contributed by atoms with Crippen molar-refractivity contribution in [2.45, 2.75) is 17.6 Å². The molecule has 2 aromatic carbocycles. The van der Waals surface area contributed by atoms with Crippen LogP contribution in [0.2, 0.25) is 0 Å². The number of H-pyrrole nitrogens is 1. The number of aromatic amines is 1. The Bertz CT molecular complexity index is 1490. The van der Waals surface area contributed by atoms with E-state index in [0.29, 0.717) is 30.1 Å². The first-order valence-electron chi connectivity index (χ1n) is 10.2. The zero-order valence-electron chi connectivity index (χ0n) is 17.3. The highest BCUT2D eigenvalue weighted by Gasteiger charge is 2.32. The minimum absolute atomic E-state index is 0.0408. The molecule has 0 aliphatic carbocycles. The van der Waals surface area contributed by atoms with Crippen molar-refractivity contribution in [1.29, 1.82) is 0 Å². The molecular weight excluding hydrogens is 450 g/mol. The molecule has 1 amide bonds. The lowest BCUT2D eigenvalue weighted by Gasteiger charge is -2.33. The molecule has 2 aromatic heterocycles. The molecule has 10 heteroatoms. The van der Waals surface area contributed by atoms with E-state index in [1.165, 1.54) is 4.31 Å². The SMILES string of the molecule is Cc1[nH]c(=O)sc1S(=O)(=O)N1CCN(C(=O)Cc2coc3ccc4ccccc4c23)CC1. The van der Waals surface area contributed by atoms with Gasteiger partial charge in [0.15, 0.2) is 4.21 Å². The first kappa shape index (κ1) is 20.9. The Kier molecular flexibility index (Phi) is 5.15. The Labute approximate surface area is 188 Å². The summed E-state index contributed by atoms with van der Waals surface area (Å²) >= 11 is 0.695. The van der Waals surface area contributed by atoms with E-state index in [1.54, 1.807) is 18.1 Å². The van der Waals surface area contributed by atoms with Gasteiger partial charge in [-0.15, -0.1) is 0 Å². The van der Waals surface area contributed by atoms with Crippen LogP contribution >= 0.6 is 11.3 Å². The maximum atomic E-state index is 13.0. The lowest BCUT2D eigenvalue weighted by molar-refractivity contribution is -0.131. The first-order chi connectivity index (χ1) is 15.3. The fourth-order valence-electron chi connectivity index (χ4n) is 4.21. The number of aryl methyl sites for hydroxylation is 1. The van der Waals surface area contributed by atoms with Gasteiger partial charge in [0.1, 0.15) is 5.58 Å². The summed E-state index contributed by atoms with van der Waals surface area (Å²) in [4.78, 5) is 28.3. The number of benzene rings is 2. The van der Waals surface area contributed by atoms with Crippen LogP contribution in [-0.2, 0) is 21.2 Å². The fraction of sp³-hybridized carbons (Fsp3) is 0.273. The summed E-state index contributed by atoms with van der Waals surface area (Å²) in [7, 11) is -3.76. The predicted molar refractivity (Wildman–Crippen MR) is 122 cm³/mol. The second kappa shape index (κ2) is 7.88. The number of nitrogens with one attached hydrogen (secondary N) is 1. The van der Waals surface area contributed by atoms with E-state index in [0.717, 1.165) is 27.3 Å². The second-order valence-electron chi connectivity index (χ2n) is 7.81. The number of piperazine rings is 1. The molecule has 1 saturated heterocycles. The number of carbonyl (C=O) groups is 1. The maximum absolute atomic E-state index is 13.0. The number of rotatable bonds is 4. The number of fused-ring (bicyclic) bond motifs is 3. The molecule has 0 radical (unpaired) electrons. The number of carbonyl (C=O) groups excluding carboxylic acids is 1. The van der Waals surface area contributed by atoms with E-state index >= 15 is 0 Å². The van der Waals surface area contributed by atoms with Gasteiger partial charge < -0.3 is 14.3 Å². The molecule has 0 atom stereocenters. The second-order valence-corrected chi connectivity index (χ2v) is 10.9. The van der Waals surface area contributed by atoms with Crippen molar-refractivity contribution in [3.05, 3.63) is 63.6 Å². The standard InChI is InChI=1S/C22H21N3O5S2/c1-14-21(31-22(27)23-14)32(28,29)25-10-8-24(9-11-25)19(26)12-16-13-30-18-7-6-15-4-2-3-5-17(15)20(16)18/h2-7,13H,8-12H2,1H3,(H,23,27). The van der Waals surface area contributed by atoms with Crippen molar-refractivity contribution in [2.24, 2.45) is 0 Å². The van der Waals surface area contributed by atoms with Crippen LogP contribution in [0.1, 0.15) is 11.3 Å². The third kappa shape index (κ3) is 3.54. The van der Waals surface area contributed by atoms with Gasteiger partial charge in [-0.05, 0) is 23.8 Å². The summed E-state index contributed by atoms with van der Waals surface area (Å²) in [6.45, 7) is 2.55. The van der Waals surface area contributed by atoms with Gasteiger partial charge in [0.2, 0.25) is 5.91 Å². The Balaban J connectivity index is 1.32. The predicted octanol–water partition coefficient (Wildman–Crippen LogP) is 2.72. The van der Waals surface area contributed by atoms with Crippen molar-refractivity contribution in [2.75, 3.05) is 26.2 Å². The normalized spacial score (nSPS) is 15.6. The van der Waals surface area contributed by atoms with Gasteiger partial charge in [0.25, 0.3) is 10.0 Å².